The van der Waals surface area contributed by atoms with Crippen molar-refractivity contribution in [3.05, 3.63) is 57.1 Å². The fourth-order valence-corrected chi connectivity index (χ4v) is 3.31. The van der Waals surface area contributed by atoms with Crippen LogP contribution in [0.4, 0.5) is 17.1 Å². The molecule has 140 valence electrons. The summed E-state index contributed by atoms with van der Waals surface area (Å²) in [5.74, 6) is -0.276. The van der Waals surface area contributed by atoms with Crippen LogP contribution >= 0.6 is 15.9 Å². The molecule has 0 aromatic heterocycles. The van der Waals surface area contributed by atoms with Gasteiger partial charge in [0.2, 0.25) is 11.8 Å². The molecule has 1 aliphatic heterocycles. The molecule has 0 radical (unpaired) electrons. The molecule has 27 heavy (non-hydrogen) atoms. The molecule has 0 bridgehead atoms. The molecule has 1 atom stereocenters. The zero-order chi connectivity index (χ0) is 19.6. The summed E-state index contributed by atoms with van der Waals surface area (Å²) < 4.78 is 5.51. The predicted molar refractivity (Wildman–Crippen MR) is 103 cm³/mol. The molecule has 1 aliphatic rings. The smallest absolute Gasteiger partial charge is 0.270 e. The number of rotatable bonds is 5. The molecule has 9 heteroatoms. The molecule has 8 nitrogen and oxygen atoms in total. The van der Waals surface area contributed by atoms with Crippen molar-refractivity contribution in [3.63, 3.8) is 0 Å². The first-order chi connectivity index (χ1) is 12.9. The van der Waals surface area contributed by atoms with E-state index >= 15 is 0 Å². The summed E-state index contributed by atoms with van der Waals surface area (Å²) in [5.41, 5.74) is 1.04. The number of halogens is 1. The Hall–Kier alpha value is -2.94. The van der Waals surface area contributed by atoms with Gasteiger partial charge in [-0.2, -0.15) is 0 Å². The van der Waals surface area contributed by atoms with Crippen LogP contribution in [0.5, 0.6) is 5.75 Å². The maximum absolute atomic E-state index is 12.5. The number of hydrogen-bond donors (Lipinski definition) is 1. The van der Waals surface area contributed by atoms with Gasteiger partial charge in [0.05, 0.1) is 23.6 Å². The van der Waals surface area contributed by atoms with Crippen molar-refractivity contribution in [2.45, 2.75) is 6.42 Å². The first-order valence-electron chi connectivity index (χ1n) is 8.08. The van der Waals surface area contributed by atoms with E-state index < -0.39 is 10.8 Å². The van der Waals surface area contributed by atoms with Crippen LogP contribution < -0.4 is 15.0 Å². The van der Waals surface area contributed by atoms with Crippen LogP contribution in [0.2, 0.25) is 0 Å². The van der Waals surface area contributed by atoms with Crippen LogP contribution in [0.1, 0.15) is 6.42 Å². The summed E-state index contributed by atoms with van der Waals surface area (Å²) in [4.78, 5) is 36.7. The Labute approximate surface area is 163 Å². The lowest BCUT2D eigenvalue weighted by Crippen LogP contribution is -2.28. The van der Waals surface area contributed by atoms with E-state index in [1.807, 2.05) is 0 Å². The van der Waals surface area contributed by atoms with E-state index in [9.17, 15) is 19.7 Å². The number of carbonyl (C=O) groups excluding carboxylic acids is 2. The molecule has 1 unspecified atom stereocenters. The number of nitrogens with one attached hydrogen (secondary N) is 1. The third kappa shape index (κ3) is 4.08. The van der Waals surface area contributed by atoms with E-state index in [1.54, 1.807) is 36.3 Å². The number of nitro benzene ring substituents is 1. The van der Waals surface area contributed by atoms with Gasteiger partial charge in [-0.1, -0.05) is 0 Å². The van der Waals surface area contributed by atoms with Crippen molar-refractivity contribution in [3.8, 4) is 5.75 Å². The quantitative estimate of drug-likeness (QED) is 0.575. The SMILES string of the molecule is COc1ccc(N2CC(C(=O)Nc3ccc([N+](=O)[O-])cc3Br)CC2=O)cc1. The standard InChI is InChI=1S/C18H16BrN3O5/c1-27-14-5-2-12(3-6-14)21-10-11(8-17(21)23)18(24)20-16-7-4-13(22(25)26)9-15(16)19/h2-7,9,11H,8,10H2,1H3,(H,20,24). The summed E-state index contributed by atoms with van der Waals surface area (Å²) >= 11 is 3.22. The molecule has 2 amide bonds. The minimum Gasteiger partial charge on any atom is -0.497 e. The van der Waals surface area contributed by atoms with Crippen LogP contribution in [0.25, 0.3) is 0 Å². The highest BCUT2D eigenvalue weighted by Gasteiger charge is 2.35. The van der Waals surface area contributed by atoms with E-state index in [2.05, 4.69) is 21.2 Å². The van der Waals surface area contributed by atoms with E-state index in [4.69, 9.17) is 4.74 Å². The van der Waals surface area contributed by atoms with Gasteiger partial charge >= 0.3 is 0 Å². The van der Waals surface area contributed by atoms with E-state index in [0.29, 0.717) is 21.6 Å². The van der Waals surface area contributed by atoms with Gasteiger partial charge in [0, 0.05) is 35.3 Å². The number of anilines is 2. The van der Waals surface area contributed by atoms with Crippen molar-refractivity contribution in [1.82, 2.24) is 0 Å². The summed E-state index contributed by atoms with van der Waals surface area (Å²) in [7, 11) is 1.56. The van der Waals surface area contributed by atoms with Crippen LogP contribution in [0, 0.1) is 16.0 Å². The number of amides is 2. The molecular weight excluding hydrogens is 418 g/mol. The Morgan fingerprint density at radius 3 is 2.59 bits per heavy atom. The summed E-state index contributed by atoms with van der Waals surface area (Å²) in [5, 5.41) is 13.5. The second-order valence-corrected chi connectivity index (χ2v) is 6.87. The van der Waals surface area contributed by atoms with Crippen LogP contribution in [0.3, 0.4) is 0 Å². The Kier molecular flexibility index (Phi) is 5.41. The average molecular weight is 434 g/mol. The largest absolute Gasteiger partial charge is 0.497 e. The second kappa shape index (κ2) is 7.75. The van der Waals surface area contributed by atoms with E-state index in [0.717, 1.165) is 0 Å². The number of non-ortho nitro benzene ring substituents is 1. The monoisotopic (exact) mass is 433 g/mol. The lowest BCUT2D eigenvalue weighted by molar-refractivity contribution is -0.384. The van der Waals surface area contributed by atoms with Crippen LogP contribution in [-0.2, 0) is 9.59 Å². The molecule has 1 N–H and O–H groups in total. The normalized spacial score (nSPS) is 16.3. The van der Waals surface area contributed by atoms with Crippen molar-refractivity contribution >= 4 is 44.8 Å². The highest BCUT2D eigenvalue weighted by Crippen LogP contribution is 2.30. The van der Waals surface area contributed by atoms with Gasteiger partial charge < -0.3 is 15.0 Å². The number of hydrogen-bond acceptors (Lipinski definition) is 5. The average Bonchev–Trinajstić information content (AvgIpc) is 3.05. The molecule has 3 rings (SSSR count). The fourth-order valence-electron chi connectivity index (χ4n) is 2.85. The molecule has 1 heterocycles. The Balaban J connectivity index is 1.69. The molecule has 0 aliphatic carbocycles. The van der Waals surface area contributed by atoms with Gasteiger partial charge in [-0.05, 0) is 46.3 Å². The maximum atomic E-state index is 12.5. The Morgan fingerprint density at radius 1 is 1.30 bits per heavy atom. The molecule has 0 saturated carbocycles. The predicted octanol–water partition coefficient (Wildman–Crippen LogP) is 3.36. The molecule has 1 saturated heterocycles. The van der Waals surface area contributed by atoms with Gasteiger partial charge in [-0.25, -0.2) is 0 Å². The molecular formula is C18H16BrN3O5. The van der Waals surface area contributed by atoms with E-state index in [1.165, 1.54) is 18.2 Å². The van der Waals surface area contributed by atoms with Gasteiger partial charge in [0.15, 0.2) is 0 Å². The zero-order valence-electron chi connectivity index (χ0n) is 14.3. The molecule has 1 fully saturated rings. The minimum atomic E-state index is -0.515. The topological polar surface area (TPSA) is 102 Å². The van der Waals surface area contributed by atoms with Crippen LogP contribution in [-0.4, -0.2) is 30.4 Å². The number of nitro groups is 1. The molecule has 0 spiro atoms. The number of carbonyl (C=O) groups is 2. The third-order valence-corrected chi connectivity index (χ3v) is 4.96. The van der Waals surface area contributed by atoms with Crippen molar-refractivity contribution in [1.29, 1.82) is 0 Å². The number of ether oxygens (including phenoxy) is 1. The Bertz CT molecular complexity index is 900. The van der Waals surface area contributed by atoms with Gasteiger partial charge in [-0.15, -0.1) is 0 Å². The summed E-state index contributed by atoms with van der Waals surface area (Å²) in [6.45, 7) is 0.265. The summed E-state index contributed by atoms with van der Waals surface area (Å²) in [6, 6.07) is 11.1. The Morgan fingerprint density at radius 2 is 2.00 bits per heavy atom. The van der Waals surface area contributed by atoms with Gasteiger partial charge in [-0.3, -0.25) is 19.7 Å². The first-order valence-corrected chi connectivity index (χ1v) is 8.87. The second-order valence-electron chi connectivity index (χ2n) is 6.01. The third-order valence-electron chi connectivity index (χ3n) is 4.30. The molecule has 2 aromatic rings. The number of nitrogens with zero attached hydrogens (tertiary/aromatic N) is 2. The maximum Gasteiger partial charge on any atom is 0.270 e. The van der Waals surface area contributed by atoms with Crippen molar-refractivity contribution < 1.29 is 19.2 Å². The fraction of sp³-hybridized carbons (Fsp3) is 0.222. The van der Waals surface area contributed by atoms with Gasteiger partial charge in [0.25, 0.3) is 5.69 Å². The summed E-state index contributed by atoms with van der Waals surface area (Å²) in [6.07, 6.45) is 0.0997. The lowest BCUT2D eigenvalue weighted by atomic mass is 10.1. The van der Waals surface area contributed by atoms with E-state index in [-0.39, 0.29) is 30.5 Å². The zero-order valence-corrected chi connectivity index (χ0v) is 15.9. The minimum absolute atomic E-state index is 0.0819. The first kappa shape index (κ1) is 18.8. The highest BCUT2D eigenvalue weighted by molar-refractivity contribution is 9.10. The van der Waals surface area contributed by atoms with Gasteiger partial charge in [0.1, 0.15) is 5.75 Å². The highest BCUT2D eigenvalue weighted by atomic mass is 79.9. The number of methoxy groups -OCH3 is 1. The van der Waals surface area contributed by atoms with Crippen LogP contribution in [0.15, 0.2) is 46.9 Å². The number of benzene rings is 2. The molecule has 2 aromatic carbocycles. The van der Waals surface area contributed by atoms with Crippen molar-refractivity contribution in [2.24, 2.45) is 5.92 Å². The lowest BCUT2D eigenvalue weighted by Gasteiger charge is -2.17. The van der Waals surface area contributed by atoms with Crippen molar-refractivity contribution in [2.75, 3.05) is 23.9 Å².